The standard InChI is InChI=1S/C9H15ClN4O/c1-2-14(4-3-5-15)9-7(10)8(11)12-6-13-9/h6,15H,2-5H2,1H3,(H2,11,12,13). The van der Waals surface area contributed by atoms with Crippen LogP contribution in [0, 0.1) is 0 Å². The molecular weight excluding hydrogens is 216 g/mol. The average Bonchev–Trinajstić information content (AvgIpc) is 2.25. The summed E-state index contributed by atoms with van der Waals surface area (Å²) in [6.07, 6.45) is 2.06. The number of hydrogen-bond acceptors (Lipinski definition) is 5. The van der Waals surface area contributed by atoms with Crippen molar-refractivity contribution < 1.29 is 5.11 Å². The second-order valence-corrected chi connectivity index (χ2v) is 3.43. The molecule has 0 spiro atoms. The number of nitrogen functional groups attached to an aromatic ring is 1. The molecule has 1 heterocycles. The van der Waals surface area contributed by atoms with E-state index in [0.717, 1.165) is 6.54 Å². The molecular formula is C9H15ClN4O. The summed E-state index contributed by atoms with van der Waals surface area (Å²) in [5.74, 6) is 0.907. The van der Waals surface area contributed by atoms with Crippen LogP contribution >= 0.6 is 11.6 Å². The number of nitrogens with two attached hydrogens (primary N) is 1. The minimum absolute atomic E-state index is 0.148. The molecule has 1 aromatic heterocycles. The van der Waals surface area contributed by atoms with Crippen LogP contribution in [0.3, 0.4) is 0 Å². The van der Waals surface area contributed by atoms with Crippen molar-refractivity contribution in [2.75, 3.05) is 30.3 Å². The van der Waals surface area contributed by atoms with Crippen molar-refractivity contribution in [3.05, 3.63) is 11.3 Å². The van der Waals surface area contributed by atoms with Crippen LogP contribution in [0.5, 0.6) is 0 Å². The van der Waals surface area contributed by atoms with E-state index in [1.165, 1.54) is 6.33 Å². The van der Waals surface area contributed by atoms with Gasteiger partial charge >= 0.3 is 0 Å². The zero-order chi connectivity index (χ0) is 11.3. The Kier molecular flexibility index (Phi) is 4.58. The van der Waals surface area contributed by atoms with Gasteiger partial charge in [0.1, 0.15) is 17.2 Å². The molecule has 84 valence electrons. The van der Waals surface area contributed by atoms with E-state index in [0.29, 0.717) is 23.8 Å². The highest BCUT2D eigenvalue weighted by Crippen LogP contribution is 2.26. The molecule has 0 amide bonds. The summed E-state index contributed by atoms with van der Waals surface area (Å²) in [5, 5.41) is 9.14. The number of nitrogens with zero attached hydrogens (tertiary/aromatic N) is 3. The van der Waals surface area contributed by atoms with Crippen LogP contribution in [-0.2, 0) is 0 Å². The van der Waals surface area contributed by atoms with Gasteiger partial charge in [-0.1, -0.05) is 11.6 Å². The molecule has 0 saturated carbocycles. The maximum atomic E-state index is 8.76. The molecule has 0 radical (unpaired) electrons. The third-order valence-electron chi connectivity index (χ3n) is 2.07. The van der Waals surface area contributed by atoms with Gasteiger partial charge in [0.05, 0.1) is 0 Å². The van der Waals surface area contributed by atoms with Crippen LogP contribution in [0.4, 0.5) is 11.6 Å². The second-order valence-electron chi connectivity index (χ2n) is 3.05. The van der Waals surface area contributed by atoms with E-state index in [1.54, 1.807) is 0 Å². The van der Waals surface area contributed by atoms with E-state index in [2.05, 4.69) is 9.97 Å². The lowest BCUT2D eigenvalue weighted by Crippen LogP contribution is -2.26. The first-order valence-corrected chi connectivity index (χ1v) is 5.20. The summed E-state index contributed by atoms with van der Waals surface area (Å²) in [4.78, 5) is 9.83. The summed E-state index contributed by atoms with van der Waals surface area (Å²) in [7, 11) is 0. The molecule has 0 saturated heterocycles. The van der Waals surface area contributed by atoms with Crippen molar-refractivity contribution in [2.45, 2.75) is 13.3 Å². The van der Waals surface area contributed by atoms with Crippen molar-refractivity contribution >= 4 is 23.2 Å². The summed E-state index contributed by atoms with van der Waals surface area (Å²) in [6, 6.07) is 0. The van der Waals surface area contributed by atoms with Crippen molar-refractivity contribution in [2.24, 2.45) is 0 Å². The van der Waals surface area contributed by atoms with Crippen LogP contribution in [0.2, 0.25) is 5.02 Å². The lowest BCUT2D eigenvalue weighted by molar-refractivity contribution is 0.289. The van der Waals surface area contributed by atoms with Gasteiger partial charge in [0.2, 0.25) is 0 Å². The normalized spacial score (nSPS) is 10.3. The maximum absolute atomic E-state index is 8.76. The minimum Gasteiger partial charge on any atom is -0.396 e. The number of aromatic nitrogens is 2. The molecule has 0 aliphatic heterocycles. The zero-order valence-corrected chi connectivity index (χ0v) is 9.41. The van der Waals surface area contributed by atoms with Crippen LogP contribution in [0.15, 0.2) is 6.33 Å². The SMILES string of the molecule is CCN(CCCO)c1ncnc(N)c1Cl. The molecule has 15 heavy (non-hydrogen) atoms. The summed E-state index contributed by atoms with van der Waals surface area (Å²) in [6.45, 7) is 3.60. The summed E-state index contributed by atoms with van der Waals surface area (Å²) in [5.41, 5.74) is 5.58. The van der Waals surface area contributed by atoms with Gasteiger partial charge in [-0.15, -0.1) is 0 Å². The van der Waals surface area contributed by atoms with E-state index >= 15 is 0 Å². The number of anilines is 2. The number of hydrogen-bond donors (Lipinski definition) is 2. The smallest absolute Gasteiger partial charge is 0.153 e. The Morgan fingerprint density at radius 3 is 2.87 bits per heavy atom. The number of halogens is 1. The number of rotatable bonds is 5. The van der Waals surface area contributed by atoms with Crippen molar-refractivity contribution in [1.82, 2.24) is 9.97 Å². The Morgan fingerprint density at radius 1 is 1.53 bits per heavy atom. The fraction of sp³-hybridized carbons (Fsp3) is 0.556. The highest BCUT2D eigenvalue weighted by Gasteiger charge is 2.12. The molecule has 0 fully saturated rings. The van der Waals surface area contributed by atoms with Gasteiger partial charge in [0.15, 0.2) is 5.82 Å². The molecule has 0 atom stereocenters. The van der Waals surface area contributed by atoms with E-state index in [9.17, 15) is 0 Å². The fourth-order valence-corrected chi connectivity index (χ4v) is 1.49. The third-order valence-corrected chi connectivity index (χ3v) is 2.43. The highest BCUT2D eigenvalue weighted by atomic mass is 35.5. The lowest BCUT2D eigenvalue weighted by Gasteiger charge is -2.22. The monoisotopic (exact) mass is 230 g/mol. The first kappa shape index (κ1) is 12.0. The Hall–Kier alpha value is -1.07. The highest BCUT2D eigenvalue weighted by molar-refractivity contribution is 6.35. The molecule has 0 aromatic carbocycles. The third kappa shape index (κ3) is 2.94. The quantitative estimate of drug-likeness (QED) is 0.787. The Labute approximate surface area is 93.9 Å². The lowest BCUT2D eigenvalue weighted by atomic mass is 10.3. The van der Waals surface area contributed by atoms with Gasteiger partial charge in [-0.3, -0.25) is 0 Å². The maximum Gasteiger partial charge on any atom is 0.153 e. The zero-order valence-electron chi connectivity index (χ0n) is 8.65. The van der Waals surface area contributed by atoms with E-state index in [-0.39, 0.29) is 12.4 Å². The molecule has 6 heteroatoms. The minimum atomic E-state index is 0.148. The van der Waals surface area contributed by atoms with Crippen LogP contribution in [0.25, 0.3) is 0 Å². The van der Waals surface area contributed by atoms with Gasteiger partial charge in [-0.2, -0.15) is 0 Å². The van der Waals surface area contributed by atoms with Crippen LogP contribution < -0.4 is 10.6 Å². The van der Waals surface area contributed by atoms with Gasteiger partial charge in [-0.25, -0.2) is 9.97 Å². The second kappa shape index (κ2) is 5.72. The van der Waals surface area contributed by atoms with Crippen molar-refractivity contribution in [1.29, 1.82) is 0 Å². The number of aliphatic hydroxyl groups excluding tert-OH is 1. The molecule has 1 rings (SSSR count). The molecule has 0 aliphatic rings. The topological polar surface area (TPSA) is 75.3 Å². The average molecular weight is 231 g/mol. The van der Waals surface area contributed by atoms with E-state index in [1.807, 2.05) is 11.8 Å². The van der Waals surface area contributed by atoms with E-state index in [4.69, 9.17) is 22.4 Å². The predicted molar refractivity (Wildman–Crippen MR) is 61.0 cm³/mol. The molecule has 5 nitrogen and oxygen atoms in total. The molecule has 0 bridgehead atoms. The molecule has 3 N–H and O–H groups in total. The van der Waals surface area contributed by atoms with Crippen LogP contribution in [0.1, 0.15) is 13.3 Å². The summed E-state index contributed by atoms with van der Waals surface area (Å²) < 4.78 is 0. The molecule has 0 aliphatic carbocycles. The molecule has 0 unspecified atom stereocenters. The van der Waals surface area contributed by atoms with Gasteiger partial charge < -0.3 is 15.7 Å². The van der Waals surface area contributed by atoms with Gasteiger partial charge in [-0.05, 0) is 13.3 Å². The van der Waals surface area contributed by atoms with Gasteiger partial charge in [0.25, 0.3) is 0 Å². The summed E-state index contributed by atoms with van der Waals surface area (Å²) >= 11 is 5.99. The van der Waals surface area contributed by atoms with Crippen LogP contribution in [-0.4, -0.2) is 34.8 Å². The fourth-order valence-electron chi connectivity index (χ4n) is 1.27. The first-order chi connectivity index (χ1) is 7.20. The van der Waals surface area contributed by atoms with E-state index < -0.39 is 0 Å². The molecule has 1 aromatic rings. The van der Waals surface area contributed by atoms with Crippen molar-refractivity contribution in [3.8, 4) is 0 Å². The largest absolute Gasteiger partial charge is 0.396 e. The van der Waals surface area contributed by atoms with Crippen molar-refractivity contribution in [3.63, 3.8) is 0 Å². The van der Waals surface area contributed by atoms with Gasteiger partial charge in [0, 0.05) is 19.7 Å². The first-order valence-electron chi connectivity index (χ1n) is 4.82. The number of aliphatic hydroxyl groups is 1. The Bertz CT molecular complexity index is 321. The Balaban J connectivity index is 2.86. The Morgan fingerprint density at radius 2 is 2.27 bits per heavy atom. The predicted octanol–water partition coefficient (Wildman–Crippen LogP) is 0.921.